The molecule has 1 fully saturated rings. The molecule has 1 saturated carbocycles. The molecule has 1 aromatic carbocycles. The van der Waals surface area contributed by atoms with Crippen LogP contribution >= 0.6 is 23.2 Å². The van der Waals surface area contributed by atoms with Crippen molar-refractivity contribution in [3.05, 3.63) is 33.8 Å². The second-order valence-corrected chi connectivity index (χ2v) is 5.16. The second-order valence-electron chi connectivity index (χ2n) is 4.34. The molecular formula is C13H14Cl2O3. The monoisotopic (exact) mass is 288 g/mol. The van der Waals surface area contributed by atoms with Gasteiger partial charge in [0.1, 0.15) is 0 Å². The summed E-state index contributed by atoms with van der Waals surface area (Å²) in [4.78, 5) is 11.2. The molecule has 1 aromatic rings. The fourth-order valence-electron chi connectivity index (χ4n) is 1.85. The van der Waals surface area contributed by atoms with Gasteiger partial charge in [0.05, 0.1) is 26.2 Å². The Hall–Kier alpha value is -0.770. The summed E-state index contributed by atoms with van der Waals surface area (Å²) in [6, 6.07) is 5.35. The van der Waals surface area contributed by atoms with Gasteiger partial charge in [-0.15, -0.1) is 0 Å². The molecule has 1 aliphatic rings. The lowest BCUT2D eigenvalue weighted by molar-refractivity contribution is -0.142. The van der Waals surface area contributed by atoms with Crippen LogP contribution in [0.15, 0.2) is 18.2 Å². The van der Waals surface area contributed by atoms with Crippen LogP contribution in [0.3, 0.4) is 0 Å². The third-order valence-corrected chi connectivity index (χ3v) is 3.77. The third-order valence-electron chi connectivity index (χ3n) is 3.07. The van der Waals surface area contributed by atoms with Crippen molar-refractivity contribution in [2.24, 2.45) is 11.8 Å². The van der Waals surface area contributed by atoms with Crippen molar-refractivity contribution < 1.29 is 14.3 Å². The van der Waals surface area contributed by atoms with Crippen molar-refractivity contribution in [2.75, 3.05) is 13.7 Å². The van der Waals surface area contributed by atoms with E-state index in [9.17, 15) is 4.79 Å². The number of carbonyl (C=O) groups excluding carboxylic acids is 1. The van der Waals surface area contributed by atoms with Crippen molar-refractivity contribution in [3.63, 3.8) is 0 Å². The quantitative estimate of drug-likeness (QED) is 0.780. The Morgan fingerprint density at radius 1 is 1.39 bits per heavy atom. The predicted octanol–water partition coefficient (Wildman–Crippen LogP) is 3.32. The molecule has 0 heterocycles. The van der Waals surface area contributed by atoms with E-state index < -0.39 is 0 Å². The van der Waals surface area contributed by atoms with Crippen LogP contribution in [0.1, 0.15) is 12.0 Å². The van der Waals surface area contributed by atoms with Crippen LogP contribution in [0.5, 0.6) is 0 Å². The van der Waals surface area contributed by atoms with Gasteiger partial charge in [-0.2, -0.15) is 0 Å². The summed E-state index contributed by atoms with van der Waals surface area (Å²) in [5, 5.41) is 1.20. The number of ether oxygens (including phenoxy) is 2. The zero-order chi connectivity index (χ0) is 13.1. The minimum atomic E-state index is -0.153. The summed E-state index contributed by atoms with van der Waals surface area (Å²) >= 11 is 12.0. The summed E-state index contributed by atoms with van der Waals surface area (Å²) in [5.41, 5.74) is 0.788. The van der Waals surface area contributed by atoms with Crippen molar-refractivity contribution >= 4 is 29.2 Å². The van der Waals surface area contributed by atoms with Crippen molar-refractivity contribution in [3.8, 4) is 0 Å². The van der Waals surface area contributed by atoms with Gasteiger partial charge >= 0.3 is 5.97 Å². The molecule has 0 aromatic heterocycles. The predicted molar refractivity (Wildman–Crippen MR) is 69.7 cm³/mol. The zero-order valence-electron chi connectivity index (χ0n) is 9.99. The molecule has 0 radical (unpaired) electrons. The number of rotatable bonds is 5. The van der Waals surface area contributed by atoms with Crippen molar-refractivity contribution in [2.45, 2.75) is 13.0 Å². The van der Waals surface area contributed by atoms with Gasteiger partial charge in [-0.1, -0.05) is 29.3 Å². The highest BCUT2D eigenvalue weighted by Crippen LogP contribution is 2.39. The molecule has 3 nitrogen and oxygen atoms in total. The smallest absolute Gasteiger partial charge is 0.309 e. The minimum absolute atomic E-state index is 0.00304. The number of methoxy groups -OCH3 is 1. The lowest BCUT2D eigenvalue weighted by Crippen LogP contribution is -2.07. The topological polar surface area (TPSA) is 35.5 Å². The standard InChI is InChI=1S/C13H14Cl2O3/c1-17-13(16)9-5-8(9)6-18-7-10-11(14)3-2-4-12(10)15/h2-4,8-9H,5-7H2,1H3. The molecule has 0 bridgehead atoms. The number of hydrogen-bond donors (Lipinski definition) is 0. The van der Waals surface area contributed by atoms with Gasteiger partial charge in [-0.3, -0.25) is 4.79 Å². The van der Waals surface area contributed by atoms with Gasteiger partial charge in [-0.05, 0) is 24.5 Å². The molecular weight excluding hydrogens is 275 g/mol. The maximum atomic E-state index is 11.2. The first-order valence-corrected chi connectivity index (χ1v) is 6.47. The van der Waals surface area contributed by atoms with E-state index in [-0.39, 0.29) is 17.8 Å². The first kappa shape index (κ1) is 13.7. The highest BCUT2D eigenvalue weighted by atomic mass is 35.5. The Labute approximate surface area is 116 Å². The number of carbonyl (C=O) groups is 1. The normalized spacial score (nSPS) is 21.7. The number of benzene rings is 1. The maximum Gasteiger partial charge on any atom is 0.309 e. The third kappa shape index (κ3) is 3.16. The van der Waals surface area contributed by atoms with E-state index in [0.717, 1.165) is 12.0 Å². The minimum Gasteiger partial charge on any atom is -0.469 e. The van der Waals surface area contributed by atoms with Gasteiger partial charge in [0.15, 0.2) is 0 Å². The van der Waals surface area contributed by atoms with Gasteiger partial charge in [0.2, 0.25) is 0 Å². The van der Waals surface area contributed by atoms with Crippen molar-refractivity contribution in [1.29, 1.82) is 0 Å². The summed E-state index contributed by atoms with van der Waals surface area (Å²) in [7, 11) is 1.40. The Balaban J connectivity index is 1.78. The number of esters is 1. The molecule has 18 heavy (non-hydrogen) atoms. The van der Waals surface area contributed by atoms with E-state index in [0.29, 0.717) is 23.3 Å². The van der Waals surface area contributed by atoms with Crippen LogP contribution in [0.25, 0.3) is 0 Å². The molecule has 0 amide bonds. The van der Waals surface area contributed by atoms with Gasteiger partial charge in [0.25, 0.3) is 0 Å². The average molecular weight is 289 g/mol. The highest BCUT2D eigenvalue weighted by molar-refractivity contribution is 6.35. The van der Waals surface area contributed by atoms with E-state index in [1.165, 1.54) is 7.11 Å². The van der Waals surface area contributed by atoms with Gasteiger partial charge in [0, 0.05) is 15.6 Å². The first-order chi connectivity index (χ1) is 8.63. The van der Waals surface area contributed by atoms with E-state index in [1.54, 1.807) is 18.2 Å². The van der Waals surface area contributed by atoms with Gasteiger partial charge in [-0.25, -0.2) is 0 Å². The van der Waals surface area contributed by atoms with Crippen LogP contribution in [0.4, 0.5) is 0 Å². The van der Waals surface area contributed by atoms with Crippen LogP contribution < -0.4 is 0 Å². The molecule has 2 rings (SSSR count). The number of hydrogen-bond acceptors (Lipinski definition) is 3. The van der Waals surface area contributed by atoms with Crippen LogP contribution in [-0.2, 0) is 20.9 Å². The fraction of sp³-hybridized carbons (Fsp3) is 0.462. The van der Waals surface area contributed by atoms with E-state index >= 15 is 0 Å². The molecule has 0 aliphatic heterocycles. The summed E-state index contributed by atoms with van der Waals surface area (Å²) < 4.78 is 10.2. The van der Waals surface area contributed by atoms with Crippen molar-refractivity contribution in [1.82, 2.24) is 0 Å². The van der Waals surface area contributed by atoms with Crippen LogP contribution in [0, 0.1) is 11.8 Å². The summed E-state index contributed by atoms with van der Waals surface area (Å²) in [6.45, 7) is 0.893. The molecule has 2 atom stereocenters. The Kier molecular flexibility index (Phi) is 4.49. The summed E-state index contributed by atoms with van der Waals surface area (Å²) in [6.07, 6.45) is 0.836. The van der Waals surface area contributed by atoms with Crippen LogP contribution in [-0.4, -0.2) is 19.7 Å². The van der Waals surface area contributed by atoms with Crippen LogP contribution in [0.2, 0.25) is 10.0 Å². The molecule has 0 saturated heterocycles. The lowest BCUT2D eigenvalue weighted by atomic mass is 10.2. The average Bonchev–Trinajstić information content (AvgIpc) is 3.11. The van der Waals surface area contributed by atoms with E-state index in [4.69, 9.17) is 27.9 Å². The largest absolute Gasteiger partial charge is 0.469 e. The van der Waals surface area contributed by atoms with E-state index in [1.807, 2.05) is 0 Å². The molecule has 1 aliphatic carbocycles. The SMILES string of the molecule is COC(=O)C1CC1COCc1c(Cl)cccc1Cl. The molecule has 5 heteroatoms. The molecule has 2 unspecified atom stereocenters. The Morgan fingerprint density at radius 2 is 2.06 bits per heavy atom. The van der Waals surface area contributed by atoms with Gasteiger partial charge < -0.3 is 9.47 Å². The Morgan fingerprint density at radius 3 is 2.67 bits per heavy atom. The lowest BCUT2D eigenvalue weighted by Gasteiger charge is -2.07. The number of halogens is 2. The first-order valence-electron chi connectivity index (χ1n) is 5.72. The molecule has 0 N–H and O–H groups in total. The zero-order valence-corrected chi connectivity index (χ0v) is 11.5. The van der Waals surface area contributed by atoms with E-state index in [2.05, 4.69) is 4.74 Å². The highest BCUT2D eigenvalue weighted by Gasteiger charge is 2.43. The molecule has 98 valence electrons. The Bertz CT molecular complexity index is 428. The fourth-order valence-corrected chi connectivity index (χ4v) is 2.36. The maximum absolute atomic E-state index is 11.2. The summed E-state index contributed by atoms with van der Waals surface area (Å²) in [5.74, 6) is 0.106. The molecule has 0 spiro atoms. The second kappa shape index (κ2) is 5.91.